The van der Waals surface area contributed by atoms with Crippen LogP contribution < -0.4 is 0 Å². The third kappa shape index (κ3) is 3.84. The third-order valence-electron chi connectivity index (χ3n) is 3.68. The molecule has 1 aliphatic rings. The van der Waals surface area contributed by atoms with E-state index in [-0.39, 0.29) is 6.10 Å². The Kier molecular flexibility index (Phi) is 4.58. The maximum atomic E-state index is 6.22. The van der Waals surface area contributed by atoms with E-state index in [0.717, 1.165) is 48.9 Å². The highest BCUT2D eigenvalue weighted by Crippen LogP contribution is 2.20. The van der Waals surface area contributed by atoms with Gasteiger partial charge in [-0.2, -0.15) is 0 Å². The van der Waals surface area contributed by atoms with Crippen molar-refractivity contribution in [3.8, 4) is 0 Å². The predicted molar refractivity (Wildman–Crippen MR) is 81.4 cm³/mol. The van der Waals surface area contributed by atoms with Crippen molar-refractivity contribution in [2.24, 2.45) is 0 Å². The Balaban J connectivity index is 1.59. The second-order valence-corrected chi connectivity index (χ2v) is 5.79. The summed E-state index contributed by atoms with van der Waals surface area (Å²) in [6.07, 6.45) is 2.74. The van der Waals surface area contributed by atoms with Gasteiger partial charge in [0.25, 0.3) is 0 Å². The van der Waals surface area contributed by atoms with E-state index in [4.69, 9.17) is 20.8 Å². The van der Waals surface area contributed by atoms with Crippen molar-refractivity contribution in [3.05, 3.63) is 52.7 Å². The number of ether oxygens (including phenoxy) is 1. The molecule has 112 valence electrons. The Bertz CT molecular complexity index is 599. The van der Waals surface area contributed by atoms with Gasteiger partial charge >= 0.3 is 0 Å². The van der Waals surface area contributed by atoms with Gasteiger partial charge in [-0.25, -0.2) is 4.98 Å². The van der Waals surface area contributed by atoms with Crippen LogP contribution in [0.4, 0.5) is 0 Å². The molecule has 1 aromatic carbocycles. The molecule has 0 radical (unpaired) electrons. The van der Waals surface area contributed by atoms with Crippen LogP contribution in [-0.2, 0) is 17.7 Å². The van der Waals surface area contributed by atoms with Gasteiger partial charge in [0.2, 0.25) is 0 Å². The summed E-state index contributed by atoms with van der Waals surface area (Å²) >= 11 is 6.22. The summed E-state index contributed by atoms with van der Waals surface area (Å²) in [5.41, 5.74) is 2.12. The Morgan fingerprint density at radius 2 is 2.24 bits per heavy atom. The summed E-state index contributed by atoms with van der Waals surface area (Å²) in [6, 6.07) is 7.95. The van der Waals surface area contributed by atoms with E-state index in [1.54, 1.807) is 6.26 Å². The van der Waals surface area contributed by atoms with E-state index < -0.39 is 0 Å². The lowest BCUT2D eigenvalue weighted by molar-refractivity contribution is -0.0308. The van der Waals surface area contributed by atoms with Crippen LogP contribution in [0.2, 0.25) is 5.02 Å². The number of rotatable bonds is 4. The first kappa shape index (κ1) is 14.6. The number of hydrogen-bond donors (Lipinski definition) is 0. The highest BCUT2D eigenvalue weighted by Gasteiger charge is 2.22. The average Bonchev–Trinajstić information content (AvgIpc) is 2.87. The van der Waals surface area contributed by atoms with Crippen LogP contribution >= 0.6 is 11.6 Å². The molecule has 0 N–H and O–H groups in total. The number of nitrogens with zero attached hydrogens (tertiary/aromatic N) is 2. The quantitative estimate of drug-likeness (QED) is 0.870. The number of benzene rings is 1. The van der Waals surface area contributed by atoms with Crippen molar-refractivity contribution < 1.29 is 9.15 Å². The summed E-state index contributed by atoms with van der Waals surface area (Å²) in [4.78, 5) is 6.71. The first-order chi connectivity index (χ1) is 10.2. The summed E-state index contributed by atoms with van der Waals surface area (Å²) in [5.74, 6) is 0.714. The Morgan fingerprint density at radius 1 is 1.38 bits per heavy atom. The fourth-order valence-electron chi connectivity index (χ4n) is 2.67. The van der Waals surface area contributed by atoms with E-state index in [9.17, 15) is 0 Å². The van der Waals surface area contributed by atoms with Crippen molar-refractivity contribution in [1.82, 2.24) is 9.88 Å². The summed E-state index contributed by atoms with van der Waals surface area (Å²) in [7, 11) is 0. The van der Waals surface area contributed by atoms with Crippen molar-refractivity contribution in [2.45, 2.75) is 26.0 Å². The number of halogens is 1. The van der Waals surface area contributed by atoms with Gasteiger partial charge in [0.05, 0.1) is 18.4 Å². The fourth-order valence-corrected chi connectivity index (χ4v) is 2.88. The largest absolute Gasteiger partial charge is 0.449 e. The maximum Gasteiger partial charge on any atom is 0.191 e. The van der Waals surface area contributed by atoms with Crippen LogP contribution in [0.3, 0.4) is 0 Å². The van der Waals surface area contributed by atoms with Crippen LogP contribution in [0, 0.1) is 6.92 Å². The molecule has 2 heterocycles. The molecular formula is C16H19ClN2O2. The van der Waals surface area contributed by atoms with Gasteiger partial charge in [-0.3, -0.25) is 4.90 Å². The minimum Gasteiger partial charge on any atom is -0.449 e. The topological polar surface area (TPSA) is 38.5 Å². The molecule has 0 unspecified atom stereocenters. The SMILES string of the molecule is Cc1nc(CN2CCO[C@@H](Cc3ccccc3Cl)C2)co1. The monoisotopic (exact) mass is 306 g/mol. The van der Waals surface area contributed by atoms with E-state index in [0.29, 0.717) is 5.89 Å². The molecule has 1 aliphatic heterocycles. The Hall–Kier alpha value is -1.36. The second kappa shape index (κ2) is 6.60. The first-order valence-electron chi connectivity index (χ1n) is 7.19. The summed E-state index contributed by atoms with van der Waals surface area (Å²) in [6.45, 7) is 5.22. The highest BCUT2D eigenvalue weighted by atomic mass is 35.5. The van der Waals surface area contributed by atoms with Gasteiger partial charge in [-0.15, -0.1) is 0 Å². The zero-order valence-electron chi connectivity index (χ0n) is 12.1. The first-order valence-corrected chi connectivity index (χ1v) is 7.57. The molecule has 0 aliphatic carbocycles. The molecule has 1 aromatic heterocycles. The van der Waals surface area contributed by atoms with Crippen LogP contribution in [0.25, 0.3) is 0 Å². The number of aryl methyl sites for hydroxylation is 1. The molecule has 1 atom stereocenters. The van der Waals surface area contributed by atoms with E-state index in [2.05, 4.69) is 16.0 Å². The van der Waals surface area contributed by atoms with Crippen LogP contribution in [-0.4, -0.2) is 35.7 Å². The minimum absolute atomic E-state index is 0.173. The summed E-state index contributed by atoms with van der Waals surface area (Å²) in [5, 5.41) is 0.811. The third-order valence-corrected chi connectivity index (χ3v) is 4.05. The molecule has 3 rings (SSSR count). The van der Waals surface area contributed by atoms with E-state index in [1.165, 1.54) is 0 Å². The maximum absolute atomic E-state index is 6.22. The average molecular weight is 307 g/mol. The number of aromatic nitrogens is 1. The molecule has 0 saturated carbocycles. The normalized spacial score (nSPS) is 19.8. The smallest absolute Gasteiger partial charge is 0.191 e. The molecule has 0 spiro atoms. The molecule has 0 amide bonds. The van der Waals surface area contributed by atoms with Gasteiger partial charge in [0.15, 0.2) is 5.89 Å². The van der Waals surface area contributed by atoms with Gasteiger partial charge in [0.1, 0.15) is 6.26 Å². The van der Waals surface area contributed by atoms with Crippen molar-refractivity contribution in [3.63, 3.8) is 0 Å². The van der Waals surface area contributed by atoms with Gasteiger partial charge in [-0.05, 0) is 11.6 Å². The molecule has 0 bridgehead atoms. The molecule has 5 heteroatoms. The van der Waals surface area contributed by atoms with Crippen LogP contribution in [0.1, 0.15) is 17.1 Å². The summed E-state index contributed by atoms with van der Waals surface area (Å²) < 4.78 is 11.1. The van der Waals surface area contributed by atoms with Crippen LogP contribution in [0.5, 0.6) is 0 Å². The van der Waals surface area contributed by atoms with Crippen LogP contribution in [0.15, 0.2) is 34.9 Å². The second-order valence-electron chi connectivity index (χ2n) is 5.38. The molecule has 1 fully saturated rings. The molecule has 2 aromatic rings. The molecule has 1 saturated heterocycles. The van der Waals surface area contributed by atoms with E-state index in [1.807, 2.05) is 25.1 Å². The van der Waals surface area contributed by atoms with Crippen molar-refractivity contribution >= 4 is 11.6 Å². The number of morpholine rings is 1. The zero-order chi connectivity index (χ0) is 14.7. The predicted octanol–water partition coefficient (Wildman–Crippen LogP) is 3.08. The van der Waals surface area contributed by atoms with Gasteiger partial charge in [-0.1, -0.05) is 29.8 Å². The van der Waals surface area contributed by atoms with Gasteiger partial charge < -0.3 is 9.15 Å². The Morgan fingerprint density at radius 3 is 3.00 bits per heavy atom. The molecular weight excluding hydrogens is 288 g/mol. The molecule has 21 heavy (non-hydrogen) atoms. The van der Waals surface area contributed by atoms with Crippen molar-refractivity contribution in [2.75, 3.05) is 19.7 Å². The van der Waals surface area contributed by atoms with Crippen molar-refractivity contribution in [1.29, 1.82) is 0 Å². The lowest BCUT2D eigenvalue weighted by atomic mass is 10.1. The lowest BCUT2D eigenvalue weighted by Gasteiger charge is -2.32. The zero-order valence-corrected chi connectivity index (χ0v) is 12.8. The lowest BCUT2D eigenvalue weighted by Crippen LogP contribution is -2.42. The fraction of sp³-hybridized carbons (Fsp3) is 0.438. The number of hydrogen-bond acceptors (Lipinski definition) is 4. The Labute approximate surface area is 129 Å². The minimum atomic E-state index is 0.173. The highest BCUT2D eigenvalue weighted by molar-refractivity contribution is 6.31. The van der Waals surface area contributed by atoms with E-state index >= 15 is 0 Å². The van der Waals surface area contributed by atoms with Gasteiger partial charge in [0, 0.05) is 38.0 Å². The number of oxazole rings is 1. The molecule has 4 nitrogen and oxygen atoms in total. The standard InChI is InChI=1S/C16H19ClN2O2/c1-12-18-14(11-21-12)9-19-6-7-20-15(10-19)8-13-4-2-3-5-16(13)17/h2-5,11,15H,6-10H2,1H3/t15-/m0/s1.